The molecular weight excluding hydrogens is 435 g/mol. The first-order valence-corrected chi connectivity index (χ1v) is 10.6. The first-order chi connectivity index (χ1) is 15.5. The lowest BCUT2D eigenvalue weighted by molar-refractivity contribution is -0.137. The second-order valence-electron chi connectivity index (χ2n) is 8.40. The number of fused-ring (bicyclic) bond motifs is 1. The van der Waals surface area contributed by atoms with Crippen LogP contribution in [0.2, 0.25) is 0 Å². The van der Waals surface area contributed by atoms with Gasteiger partial charge in [0.05, 0.1) is 12.7 Å². The molecule has 2 unspecified atom stereocenters. The molecule has 3 rings (SSSR count). The molecule has 2 aromatic carbocycles. The van der Waals surface area contributed by atoms with Gasteiger partial charge in [-0.05, 0) is 62.0 Å². The Morgan fingerprint density at radius 2 is 1.85 bits per heavy atom. The van der Waals surface area contributed by atoms with Gasteiger partial charge in [-0.2, -0.15) is 13.2 Å². The third-order valence-corrected chi connectivity index (χ3v) is 5.75. The summed E-state index contributed by atoms with van der Waals surface area (Å²) in [5, 5.41) is 2.75. The van der Waals surface area contributed by atoms with Crippen LogP contribution in [0.3, 0.4) is 0 Å². The summed E-state index contributed by atoms with van der Waals surface area (Å²) in [7, 11) is 5.23. The van der Waals surface area contributed by atoms with E-state index in [1.807, 2.05) is 19.0 Å². The Hall–Kier alpha value is -3.07. The van der Waals surface area contributed by atoms with Gasteiger partial charge < -0.3 is 19.9 Å². The summed E-state index contributed by atoms with van der Waals surface area (Å²) < 4.78 is 45.6. The fraction of sp³-hybridized carbons (Fsp3) is 0.417. The molecule has 9 heteroatoms. The van der Waals surface area contributed by atoms with Crippen LogP contribution in [0.25, 0.3) is 0 Å². The monoisotopic (exact) mass is 463 g/mol. The molecule has 2 amide bonds. The normalized spacial score (nSPS) is 18.7. The third-order valence-electron chi connectivity index (χ3n) is 5.75. The maximum atomic E-state index is 13.7. The van der Waals surface area contributed by atoms with E-state index in [-0.39, 0.29) is 24.8 Å². The molecule has 2 aromatic rings. The van der Waals surface area contributed by atoms with Gasteiger partial charge in [-0.3, -0.25) is 9.59 Å². The predicted molar refractivity (Wildman–Crippen MR) is 119 cm³/mol. The van der Waals surface area contributed by atoms with E-state index in [4.69, 9.17) is 4.74 Å². The lowest BCUT2D eigenvalue weighted by Crippen LogP contribution is -2.51. The summed E-state index contributed by atoms with van der Waals surface area (Å²) in [4.78, 5) is 29.1. The summed E-state index contributed by atoms with van der Waals surface area (Å²) in [6, 6.07) is 9.53. The van der Waals surface area contributed by atoms with Gasteiger partial charge >= 0.3 is 6.18 Å². The number of methoxy groups -OCH3 is 1. The minimum atomic E-state index is -4.51. The van der Waals surface area contributed by atoms with Crippen molar-refractivity contribution in [3.8, 4) is 5.75 Å². The molecule has 1 aliphatic rings. The molecule has 178 valence electrons. The number of benzene rings is 2. The zero-order valence-corrected chi connectivity index (χ0v) is 19.1. The van der Waals surface area contributed by atoms with E-state index < -0.39 is 23.7 Å². The molecule has 0 bridgehead atoms. The van der Waals surface area contributed by atoms with Gasteiger partial charge in [0, 0.05) is 31.6 Å². The van der Waals surface area contributed by atoms with Crippen molar-refractivity contribution in [1.82, 2.24) is 10.2 Å². The molecule has 0 aromatic heterocycles. The van der Waals surface area contributed by atoms with Crippen LogP contribution >= 0.6 is 0 Å². The van der Waals surface area contributed by atoms with E-state index in [9.17, 15) is 22.8 Å². The number of amides is 2. The van der Waals surface area contributed by atoms with Crippen LogP contribution in [0.1, 0.15) is 29.5 Å². The Bertz CT molecular complexity index is 1010. The van der Waals surface area contributed by atoms with E-state index >= 15 is 0 Å². The highest BCUT2D eigenvalue weighted by molar-refractivity contribution is 6.01. The maximum absolute atomic E-state index is 13.7. The van der Waals surface area contributed by atoms with Crippen molar-refractivity contribution in [2.24, 2.45) is 0 Å². The Labute approximate surface area is 191 Å². The maximum Gasteiger partial charge on any atom is 0.416 e. The topological polar surface area (TPSA) is 61.9 Å². The number of ether oxygens (including phenoxy) is 1. The summed E-state index contributed by atoms with van der Waals surface area (Å²) in [5.41, 5.74) is 0.792. The van der Waals surface area contributed by atoms with Crippen LogP contribution in [0.15, 0.2) is 42.5 Å². The molecule has 0 saturated carbocycles. The van der Waals surface area contributed by atoms with Crippen molar-refractivity contribution in [3.05, 3.63) is 59.2 Å². The van der Waals surface area contributed by atoms with Crippen molar-refractivity contribution < 1.29 is 27.5 Å². The number of rotatable bonds is 6. The Morgan fingerprint density at radius 3 is 2.39 bits per heavy atom. The second kappa shape index (κ2) is 9.82. The average Bonchev–Trinajstić information content (AvgIpc) is 2.86. The number of alkyl halides is 3. The highest BCUT2D eigenvalue weighted by Crippen LogP contribution is 2.39. The first kappa shape index (κ1) is 24.6. The number of nitrogens with one attached hydrogen (secondary N) is 1. The SMILES string of the molecule is COc1ccc(C2Cc3cc(C(F)(F)F)ccc3N(CCN(C)C)C(=O)C2NC(C)=O)cc1. The highest BCUT2D eigenvalue weighted by Gasteiger charge is 2.40. The molecule has 2 atom stereocenters. The second-order valence-corrected chi connectivity index (χ2v) is 8.40. The lowest BCUT2D eigenvalue weighted by Gasteiger charge is -2.30. The summed E-state index contributed by atoms with van der Waals surface area (Å²) in [6.07, 6.45) is -4.35. The minimum Gasteiger partial charge on any atom is -0.497 e. The summed E-state index contributed by atoms with van der Waals surface area (Å²) in [5.74, 6) is -0.686. The fourth-order valence-corrected chi connectivity index (χ4v) is 4.08. The third kappa shape index (κ3) is 5.65. The van der Waals surface area contributed by atoms with Crippen molar-refractivity contribution in [1.29, 1.82) is 0 Å². The zero-order chi connectivity index (χ0) is 24.3. The number of hydrogen-bond donors (Lipinski definition) is 1. The standard InChI is InChI=1S/C24H28F3N3O3/c1-15(31)28-22-20(16-5-8-19(33-4)9-6-16)14-17-13-18(24(25,26)27)7-10-21(17)30(23(22)32)12-11-29(2)3/h5-10,13,20,22H,11-12,14H2,1-4H3,(H,28,31). The van der Waals surface area contributed by atoms with E-state index in [2.05, 4.69) is 5.32 Å². The molecule has 0 aliphatic carbocycles. The Morgan fingerprint density at radius 1 is 1.18 bits per heavy atom. The molecule has 0 spiro atoms. The van der Waals surface area contributed by atoms with Gasteiger partial charge in [-0.1, -0.05) is 12.1 Å². The Kier molecular flexibility index (Phi) is 7.31. The number of anilines is 1. The highest BCUT2D eigenvalue weighted by atomic mass is 19.4. The fourth-order valence-electron chi connectivity index (χ4n) is 4.08. The predicted octanol–water partition coefficient (Wildman–Crippen LogP) is 3.45. The van der Waals surface area contributed by atoms with Gasteiger partial charge in [-0.25, -0.2) is 0 Å². The molecule has 1 N–H and O–H groups in total. The van der Waals surface area contributed by atoms with Gasteiger partial charge in [0.2, 0.25) is 11.8 Å². The van der Waals surface area contributed by atoms with Crippen LogP contribution in [-0.2, 0) is 22.2 Å². The summed E-state index contributed by atoms with van der Waals surface area (Å²) >= 11 is 0. The van der Waals surface area contributed by atoms with Crippen molar-refractivity contribution in [3.63, 3.8) is 0 Å². The van der Waals surface area contributed by atoms with Gasteiger partial charge in [0.25, 0.3) is 0 Å². The number of likely N-dealkylation sites (N-methyl/N-ethyl adjacent to an activating group) is 1. The van der Waals surface area contributed by atoms with Crippen LogP contribution in [-0.4, -0.2) is 57.1 Å². The smallest absolute Gasteiger partial charge is 0.416 e. The van der Waals surface area contributed by atoms with Crippen molar-refractivity contribution in [2.45, 2.75) is 31.5 Å². The number of hydrogen-bond acceptors (Lipinski definition) is 4. The molecule has 1 aliphatic heterocycles. The molecule has 0 saturated heterocycles. The van der Waals surface area contributed by atoms with Crippen LogP contribution in [0, 0.1) is 0 Å². The van der Waals surface area contributed by atoms with E-state index in [0.29, 0.717) is 23.5 Å². The van der Waals surface area contributed by atoms with Gasteiger partial charge in [0.15, 0.2) is 0 Å². The largest absolute Gasteiger partial charge is 0.497 e. The zero-order valence-electron chi connectivity index (χ0n) is 19.1. The molecule has 6 nitrogen and oxygen atoms in total. The van der Waals surface area contributed by atoms with Crippen molar-refractivity contribution >= 4 is 17.5 Å². The number of halogens is 3. The van der Waals surface area contributed by atoms with Crippen LogP contribution < -0.4 is 15.0 Å². The summed E-state index contributed by atoms with van der Waals surface area (Å²) in [6.45, 7) is 2.10. The first-order valence-electron chi connectivity index (χ1n) is 10.6. The van der Waals surface area contributed by atoms with Gasteiger partial charge in [-0.15, -0.1) is 0 Å². The van der Waals surface area contributed by atoms with Crippen LogP contribution in [0.4, 0.5) is 18.9 Å². The number of carbonyl (C=O) groups excluding carboxylic acids is 2. The number of carbonyl (C=O) groups is 2. The molecule has 1 heterocycles. The Balaban J connectivity index is 2.15. The van der Waals surface area contributed by atoms with E-state index in [1.165, 1.54) is 25.0 Å². The molecule has 33 heavy (non-hydrogen) atoms. The number of nitrogens with zero attached hydrogens (tertiary/aromatic N) is 2. The minimum absolute atomic E-state index is 0.154. The van der Waals surface area contributed by atoms with Gasteiger partial charge in [0.1, 0.15) is 11.8 Å². The average molecular weight is 464 g/mol. The van der Waals surface area contributed by atoms with E-state index in [0.717, 1.165) is 17.7 Å². The molecule has 0 radical (unpaired) electrons. The molecule has 0 fully saturated rings. The quantitative estimate of drug-likeness (QED) is 0.713. The van der Waals surface area contributed by atoms with Crippen LogP contribution in [0.5, 0.6) is 5.75 Å². The molecular formula is C24H28F3N3O3. The van der Waals surface area contributed by atoms with E-state index in [1.54, 1.807) is 24.3 Å². The van der Waals surface area contributed by atoms with Crippen molar-refractivity contribution in [2.75, 3.05) is 39.2 Å². The lowest BCUT2D eigenvalue weighted by atomic mass is 9.85.